The zero-order chi connectivity index (χ0) is 15.5. The lowest BCUT2D eigenvalue weighted by atomic mass is 9.97. The van der Waals surface area contributed by atoms with Gasteiger partial charge in [0.25, 0.3) is 0 Å². The predicted molar refractivity (Wildman–Crippen MR) is 80.0 cm³/mol. The second-order valence-electron chi connectivity index (χ2n) is 5.50. The van der Waals surface area contributed by atoms with Crippen LogP contribution in [0, 0.1) is 11.8 Å². The number of carbonyl (C=O) groups is 2. The van der Waals surface area contributed by atoms with Crippen LogP contribution in [0.25, 0.3) is 0 Å². The molecule has 1 aromatic carbocycles. The maximum Gasteiger partial charge on any atom is 0.246 e. The van der Waals surface area contributed by atoms with Crippen LogP contribution in [0.1, 0.15) is 25.0 Å². The molecular weight excluding hydrogens is 266 g/mol. The summed E-state index contributed by atoms with van der Waals surface area (Å²) >= 11 is 0. The number of benzene rings is 1. The summed E-state index contributed by atoms with van der Waals surface area (Å²) in [6, 6.07) is 7.73. The van der Waals surface area contributed by atoms with E-state index in [0.29, 0.717) is 13.1 Å². The summed E-state index contributed by atoms with van der Waals surface area (Å²) in [7, 11) is 0. The maximum atomic E-state index is 11.9. The smallest absolute Gasteiger partial charge is 0.246 e. The van der Waals surface area contributed by atoms with Gasteiger partial charge in [-0.15, -0.1) is 0 Å². The van der Waals surface area contributed by atoms with E-state index in [1.807, 2.05) is 43.0 Å². The minimum atomic E-state index is -0.715. The lowest BCUT2D eigenvalue weighted by molar-refractivity contribution is -0.145. The van der Waals surface area contributed by atoms with Crippen LogP contribution >= 0.6 is 0 Å². The second-order valence-corrected chi connectivity index (χ2v) is 5.50. The van der Waals surface area contributed by atoms with Gasteiger partial charge in [0.2, 0.25) is 11.8 Å². The molecule has 1 aliphatic rings. The third kappa shape index (κ3) is 3.48. The van der Waals surface area contributed by atoms with E-state index in [4.69, 9.17) is 5.73 Å². The Morgan fingerprint density at radius 3 is 2.86 bits per heavy atom. The van der Waals surface area contributed by atoms with E-state index < -0.39 is 5.54 Å². The van der Waals surface area contributed by atoms with Crippen molar-refractivity contribution in [1.82, 2.24) is 10.2 Å². The first-order valence-electron chi connectivity index (χ1n) is 6.80. The average molecular weight is 285 g/mol. The Morgan fingerprint density at radius 1 is 1.38 bits per heavy atom. The SMILES string of the molecule is CC1(C)C(=O)NC(=O)CN1Cc1cccc(C#CCN)c1. The largest absolute Gasteiger partial charge is 0.320 e. The van der Waals surface area contributed by atoms with Gasteiger partial charge in [0.05, 0.1) is 18.6 Å². The molecule has 0 bridgehead atoms. The monoisotopic (exact) mass is 285 g/mol. The summed E-state index contributed by atoms with van der Waals surface area (Å²) in [4.78, 5) is 25.4. The number of amides is 2. The van der Waals surface area contributed by atoms with Gasteiger partial charge in [-0.1, -0.05) is 24.0 Å². The van der Waals surface area contributed by atoms with Gasteiger partial charge in [0, 0.05) is 12.1 Å². The molecule has 0 unspecified atom stereocenters. The molecule has 0 atom stereocenters. The average Bonchev–Trinajstić information content (AvgIpc) is 2.43. The van der Waals surface area contributed by atoms with E-state index in [1.165, 1.54) is 0 Å². The van der Waals surface area contributed by atoms with E-state index in [-0.39, 0.29) is 18.4 Å². The molecule has 3 N–H and O–H groups in total. The van der Waals surface area contributed by atoms with Crippen molar-refractivity contribution in [2.45, 2.75) is 25.9 Å². The van der Waals surface area contributed by atoms with Crippen LogP contribution in [0.3, 0.4) is 0 Å². The summed E-state index contributed by atoms with van der Waals surface area (Å²) in [6.45, 7) is 4.67. The quantitative estimate of drug-likeness (QED) is 0.603. The number of hydrogen-bond acceptors (Lipinski definition) is 4. The fourth-order valence-electron chi connectivity index (χ4n) is 2.21. The highest BCUT2D eigenvalue weighted by atomic mass is 16.2. The van der Waals surface area contributed by atoms with Crippen LogP contribution in [0.4, 0.5) is 0 Å². The van der Waals surface area contributed by atoms with Crippen LogP contribution in [0.2, 0.25) is 0 Å². The van der Waals surface area contributed by atoms with Crippen molar-refractivity contribution in [3.8, 4) is 11.8 Å². The molecule has 1 fully saturated rings. The first-order chi connectivity index (χ1) is 9.93. The standard InChI is InChI=1S/C16H19N3O2/c1-16(2)15(21)18-14(20)11-19(16)10-13-6-3-5-12(9-13)7-4-8-17/h3,5-6,9H,8,10-11,17H2,1-2H3,(H,18,20,21). The lowest BCUT2D eigenvalue weighted by Gasteiger charge is -2.40. The molecule has 0 aromatic heterocycles. The van der Waals surface area contributed by atoms with Crippen molar-refractivity contribution in [2.24, 2.45) is 5.73 Å². The van der Waals surface area contributed by atoms with Gasteiger partial charge in [-0.3, -0.25) is 19.8 Å². The van der Waals surface area contributed by atoms with Gasteiger partial charge < -0.3 is 5.73 Å². The van der Waals surface area contributed by atoms with Gasteiger partial charge in [0.15, 0.2) is 0 Å². The second kappa shape index (κ2) is 6.08. The normalized spacial score (nSPS) is 17.9. The molecule has 0 saturated carbocycles. The number of imide groups is 1. The molecule has 5 nitrogen and oxygen atoms in total. The molecule has 0 aliphatic carbocycles. The van der Waals surface area contributed by atoms with Crippen molar-refractivity contribution in [2.75, 3.05) is 13.1 Å². The van der Waals surface area contributed by atoms with Crippen molar-refractivity contribution in [3.63, 3.8) is 0 Å². The molecule has 110 valence electrons. The summed E-state index contributed by atoms with van der Waals surface area (Å²) < 4.78 is 0. The number of nitrogens with zero attached hydrogens (tertiary/aromatic N) is 1. The maximum absolute atomic E-state index is 11.9. The Hall–Kier alpha value is -2.16. The Bertz CT molecular complexity index is 626. The molecule has 2 amide bonds. The van der Waals surface area contributed by atoms with Crippen LogP contribution in [0.15, 0.2) is 24.3 Å². The minimum Gasteiger partial charge on any atom is -0.320 e. The van der Waals surface area contributed by atoms with Crippen LogP contribution in [-0.2, 0) is 16.1 Å². The van der Waals surface area contributed by atoms with Gasteiger partial charge in [0.1, 0.15) is 0 Å². The lowest BCUT2D eigenvalue weighted by Crippen LogP contribution is -2.63. The van der Waals surface area contributed by atoms with Crippen LogP contribution in [0.5, 0.6) is 0 Å². The molecule has 5 heteroatoms. The van der Waals surface area contributed by atoms with E-state index in [2.05, 4.69) is 17.2 Å². The fourth-order valence-corrected chi connectivity index (χ4v) is 2.21. The van der Waals surface area contributed by atoms with E-state index >= 15 is 0 Å². The Kier molecular flexibility index (Phi) is 4.41. The van der Waals surface area contributed by atoms with Crippen molar-refractivity contribution >= 4 is 11.8 Å². The van der Waals surface area contributed by atoms with Crippen LogP contribution in [-0.4, -0.2) is 35.3 Å². The molecule has 0 spiro atoms. The molecule has 2 rings (SSSR count). The van der Waals surface area contributed by atoms with Gasteiger partial charge in [-0.25, -0.2) is 0 Å². The first-order valence-corrected chi connectivity index (χ1v) is 6.80. The molecule has 1 saturated heterocycles. The topological polar surface area (TPSA) is 75.4 Å². The fraction of sp³-hybridized carbons (Fsp3) is 0.375. The molecule has 21 heavy (non-hydrogen) atoms. The van der Waals surface area contributed by atoms with Crippen LogP contribution < -0.4 is 11.1 Å². The number of nitrogens with two attached hydrogens (primary N) is 1. The summed E-state index contributed by atoms with van der Waals surface area (Å²) in [6.07, 6.45) is 0. The highest BCUT2D eigenvalue weighted by molar-refractivity contribution is 6.02. The van der Waals surface area contributed by atoms with Crippen molar-refractivity contribution in [1.29, 1.82) is 0 Å². The van der Waals surface area contributed by atoms with Crippen molar-refractivity contribution < 1.29 is 9.59 Å². The van der Waals surface area contributed by atoms with E-state index in [1.54, 1.807) is 0 Å². The molecule has 0 radical (unpaired) electrons. The Balaban J connectivity index is 2.20. The zero-order valence-corrected chi connectivity index (χ0v) is 12.3. The van der Waals surface area contributed by atoms with Crippen molar-refractivity contribution in [3.05, 3.63) is 35.4 Å². The first kappa shape index (κ1) is 15.2. The molecule has 1 aromatic rings. The zero-order valence-electron chi connectivity index (χ0n) is 12.3. The number of piperazine rings is 1. The minimum absolute atomic E-state index is 0.206. The molecular formula is C16H19N3O2. The highest BCUT2D eigenvalue weighted by Gasteiger charge is 2.40. The Labute approximate surface area is 124 Å². The van der Waals surface area contributed by atoms with Gasteiger partial charge in [-0.05, 0) is 31.5 Å². The molecule has 1 heterocycles. The third-order valence-corrected chi connectivity index (χ3v) is 3.57. The number of carbonyl (C=O) groups excluding carboxylic acids is 2. The number of nitrogens with one attached hydrogen (secondary N) is 1. The van der Waals surface area contributed by atoms with E-state index in [0.717, 1.165) is 11.1 Å². The summed E-state index contributed by atoms with van der Waals surface area (Å²) in [5.41, 5.74) is 6.54. The summed E-state index contributed by atoms with van der Waals surface area (Å²) in [5, 5.41) is 2.37. The number of hydrogen-bond donors (Lipinski definition) is 2. The number of rotatable bonds is 2. The summed E-state index contributed by atoms with van der Waals surface area (Å²) in [5.74, 6) is 5.26. The van der Waals surface area contributed by atoms with E-state index in [9.17, 15) is 9.59 Å². The van der Waals surface area contributed by atoms with Gasteiger partial charge in [-0.2, -0.15) is 0 Å². The Morgan fingerprint density at radius 2 is 2.14 bits per heavy atom. The predicted octanol–water partition coefficient (Wildman–Crippen LogP) is 0.234. The highest BCUT2D eigenvalue weighted by Crippen LogP contribution is 2.21. The molecule has 1 aliphatic heterocycles. The third-order valence-electron chi connectivity index (χ3n) is 3.57. The van der Waals surface area contributed by atoms with Gasteiger partial charge >= 0.3 is 0 Å².